The fourth-order valence-corrected chi connectivity index (χ4v) is 2.46. The third-order valence-corrected chi connectivity index (χ3v) is 4.14. The number of benzene rings is 1. The summed E-state index contributed by atoms with van der Waals surface area (Å²) in [6.45, 7) is 8.73. The van der Waals surface area contributed by atoms with Crippen LogP contribution in [0.5, 0.6) is 0 Å². The zero-order valence-corrected chi connectivity index (χ0v) is 16.3. The number of rotatable bonds is 7. The molecule has 1 aromatic heterocycles. The summed E-state index contributed by atoms with van der Waals surface area (Å²) in [6.07, 6.45) is 0.696. The van der Waals surface area contributed by atoms with Gasteiger partial charge in [0.25, 0.3) is 0 Å². The highest BCUT2D eigenvalue weighted by Gasteiger charge is 2.25. The number of nitrogens with zero attached hydrogens (tertiary/aromatic N) is 2. The molecule has 0 radical (unpaired) electrons. The van der Waals surface area contributed by atoms with E-state index in [4.69, 9.17) is 14.2 Å². The van der Waals surface area contributed by atoms with Crippen molar-refractivity contribution in [1.82, 2.24) is 9.55 Å². The first-order chi connectivity index (χ1) is 12.8. The molecule has 0 saturated carbocycles. The van der Waals surface area contributed by atoms with Crippen LogP contribution in [0.2, 0.25) is 0 Å². The normalized spacial score (nSPS) is 14.3. The van der Waals surface area contributed by atoms with Crippen molar-refractivity contribution in [3.05, 3.63) is 54.1 Å². The highest BCUT2D eigenvalue weighted by Crippen LogP contribution is 2.20. The summed E-state index contributed by atoms with van der Waals surface area (Å²) in [5.74, 6) is -0.532. The van der Waals surface area contributed by atoms with E-state index in [2.05, 4.69) is 4.98 Å². The van der Waals surface area contributed by atoms with Crippen molar-refractivity contribution in [1.29, 1.82) is 0 Å². The summed E-state index contributed by atoms with van der Waals surface area (Å²) < 4.78 is 17.3. The Morgan fingerprint density at radius 1 is 0.926 bits per heavy atom. The monoisotopic (exact) mass is 374 g/mol. The Labute approximate surface area is 159 Å². The van der Waals surface area contributed by atoms with Gasteiger partial charge in [0.05, 0.1) is 24.7 Å². The van der Waals surface area contributed by atoms with Gasteiger partial charge in [-0.3, -0.25) is 0 Å². The predicted molar refractivity (Wildman–Crippen MR) is 99.5 cm³/mol. The van der Waals surface area contributed by atoms with Crippen LogP contribution in [0.25, 0.3) is 0 Å². The van der Waals surface area contributed by atoms with Gasteiger partial charge in [0.1, 0.15) is 17.9 Å². The number of esters is 1. The lowest BCUT2D eigenvalue weighted by Gasteiger charge is -2.22. The summed E-state index contributed by atoms with van der Waals surface area (Å²) >= 11 is 0. The molecule has 0 bridgehead atoms. The van der Waals surface area contributed by atoms with Crippen LogP contribution >= 0.6 is 0 Å². The maximum atomic E-state index is 12.6. The smallest absolute Gasteiger partial charge is 0.454 e. The molecule has 0 aliphatic rings. The molecule has 2 rings (SSSR count). The van der Waals surface area contributed by atoms with Crippen molar-refractivity contribution in [2.75, 3.05) is 0 Å². The molecule has 0 fully saturated rings. The van der Waals surface area contributed by atoms with Crippen LogP contribution in [0, 0.1) is 0 Å². The van der Waals surface area contributed by atoms with Gasteiger partial charge in [-0.25, -0.2) is 14.6 Å². The Morgan fingerprint density at radius 3 is 2.19 bits per heavy atom. The minimum absolute atomic E-state index is 0.0822. The van der Waals surface area contributed by atoms with Crippen LogP contribution in [-0.2, 0) is 14.2 Å². The fourth-order valence-electron chi connectivity index (χ4n) is 2.46. The van der Waals surface area contributed by atoms with Crippen molar-refractivity contribution in [3.63, 3.8) is 0 Å². The van der Waals surface area contributed by atoms with E-state index in [-0.39, 0.29) is 12.1 Å². The van der Waals surface area contributed by atoms with E-state index in [9.17, 15) is 9.59 Å². The minimum Gasteiger partial charge on any atom is -0.454 e. The van der Waals surface area contributed by atoms with Gasteiger partial charge in [-0.15, -0.1) is 0 Å². The van der Waals surface area contributed by atoms with Crippen molar-refractivity contribution >= 4 is 12.1 Å². The molecule has 2 aromatic rings. The number of aromatic nitrogens is 2. The molecule has 3 atom stereocenters. The Bertz CT molecular complexity index is 757. The van der Waals surface area contributed by atoms with Gasteiger partial charge >= 0.3 is 12.1 Å². The van der Waals surface area contributed by atoms with Gasteiger partial charge in [-0.05, 0) is 40.2 Å². The second-order valence-electron chi connectivity index (χ2n) is 6.62. The first-order valence-electron chi connectivity index (χ1n) is 8.94. The lowest BCUT2D eigenvalue weighted by molar-refractivity contribution is -0.0407. The molecular formula is C20H26N2O5. The minimum atomic E-state index is -0.789. The number of ether oxygens (including phenoxy) is 3. The zero-order valence-electron chi connectivity index (χ0n) is 16.3. The summed E-state index contributed by atoms with van der Waals surface area (Å²) in [4.78, 5) is 28.2. The molecular weight excluding hydrogens is 348 g/mol. The van der Waals surface area contributed by atoms with Crippen LogP contribution in [0.15, 0.2) is 42.9 Å². The molecule has 1 aromatic carbocycles. The van der Waals surface area contributed by atoms with Gasteiger partial charge in [0, 0.05) is 0 Å². The maximum Gasteiger partial charge on any atom is 0.508 e. The van der Waals surface area contributed by atoms with Gasteiger partial charge < -0.3 is 18.8 Å². The molecule has 0 N–H and O–H groups in total. The predicted octanol–water partition coefficient (Wildman–Crippen LogP) is 3.99. The van der Waals surface area contributed by atoms with Crippen LogP contribution in [0.1, 0.15) is 56.7 Å². The molecule has 1 heterocycles. The van der Waals surface area contributed by atoms with E-state index in [0.717, 1.165) is 5.56 Å². The van der Waals surface area contributed by atoms with Crippen LogP contribution in [-0.4, -0.2) is 40.0 Å². The molecule has 7 heteroatoms. The number of hydrogen-bond donors (Lipinski definition) is 0. The average Bonchev–Trinajstić information content (AvgIpc) is 3.10. The third-order valence-electron chi connectivity index (χ3n) is 4.14. The van der Waals surface area contributed by atoms with Crippen molar-refractivity contribution in [2.45, 2.75) is 59.0 Å². The number of hydrogen-bond acceptors (Lipinski definition) is 6. The first kappa shape index (κ1) is 20.5. The first-order valence-corrected chi connectivity index (χ1v) is 8.94. The van der Waals surface area contributed by atoms with Crippen molar-refractivity contribution in [3.8, 4) is 0 Å². The molecule has 0 spiro atoms. The lowest BCUT2D eigenvalue weighted by atomic mass is 10.1. The maximum absolute atomic E-state index is 12.6. The number of imidazole rings is 1. The second kappa shape index (κ2) is 9.21. The largest absolute Gasteiger partial charge is 0.508 e. The SMILES string of the molecule is CC(C)OC(=O)O[C@H](C)[C@@H](C)OC(=O)c1cncn1[C@H](C)c1ccccc1. The summed E-state index contributed by atoms with van der Waals surface area (Å²) in [6, 6.07) is 9.71. The van der Waals surface area contributed by atoms with E-state index in [1.54, 1.807) is 38.6 Å². The molecule has 27 heavy (non-hydrogen) atoms. The molecule has 0 aliphatic heterocycles. The van der Waals surface area contributed by atoms with Gasteiger partial charge in [-0.2, -0.15) is 0 Å². The summed E-state index contributed by atoms with van der Waals surface area (Å²) in [5, 5.41) is 0. The van der Waals surface area contributed by atoms with Crippen LogP contribution < -0.4 is 0 Å². The number of carbonyl (C=O) groups excluding carboxylic acids is 2. The van der Waals surface area contributed by atoms with Crippen LogP contribution in [0.3, 0.4) is 0 Å². The van der Waals surface area contributed by atoms with E-state index >= 15 is 0 Å². The second-order valence-corrected chi connectivity index (χ2v) is 6.62. The third kappa shape index (κ3) is 5.57. The van der Waals surface area contributed by atoms with Gasteiger partial charge in [-0.1, -0.05) is 30.3 Å². The van der Waals surface area contributed by atoms with E-state index in [1.165, 1.54) is 6.20 Å². The standard InChI is InChI=1S/C20H26N2O5/c1-13(2)25-20(24)27-16(5)15(4)26-19(23)18-11-21-12-22(18)14(3)17-9-7-6-8-10-17/h6-16H,1-5H3/t14-,15-,16-/m1/s1. The average molecular weight is 374 g/mol. The van der Waals surface area contributed by atoms with Crippen molar-refractivity contribution in [2.24, 2.45) is 0 Å². The highest BCUT2D eigenvalue weighted by atomic mass is 16.7. The van der Waals surface area contributed by atoms with E-state index < -0.39 is 24.3 Å². The van der Waals surface area contributed by atoms with Gasteiger partial charge in [0.15, 0.2) is 0 Å². The Morgan fingerprint density at radius 2 is 1.56 bits per heavy atom. The highest BCUT2D eigenvalue weighted by molar-refractivity contribution is 5.87. The Kier molecular flexibility index (Phi) is 6.98. The Balaban J connectivity index is 2.02. The number of carbonyl (C=O) groups is 2. The molecule has 7 nitrogen and oxygen atoms in total. The quantitative estimate of drug-likeness (QED) is 0.682. The van der Waals surface area contributed by atoms with E-state index in [0.29, 0.717) is 5.69 Å². The van der Waals surface area contributed by atoms with Crippen molar-refractivity contribution < 1.29 is 23.8 Å². The molecule has 146 valence electrons. The summed E-state index contributed by atoms with van der Waals surface area (Å²) in [7, 11) is 0. The zero-order chi connectivity index (χ0) is 20.0. The summed E-state index contributed by atoms with van der Waals surface area (Å²) in [5.41, 5.74) is 1.38. The van der Waals surface area contributed by atoms with Crippen LogP contribution in [0.4, 0.5) is 4.79 Å². The molecule has 0 unspecified atom stereocenters. The topological polar surface area (TPSA) is 79.7 Å². The van der Waals surface area contributed by atoms with Gasteiger partial charge in [0.2, 0.25) is 0 Å². The lowest BCUT2D eigenvalue weighted by Crippen LogP contribution is -2.32. The molecule has 0 amide bonds. The fraction of sp³-hybridized carbons (Fsp3) is 0.450. The molecule has 0 saturated heterocycles. The van der Waals surface area contributed by atoms with E-state index in [1.807, 2.05) is 37.3 Å². The molecule has 0 aliphatic carbocycles. The Hall–Kier alpha value is -2.83.